The van der Waals surface area contributed by atoms with Gasteiger partial charge >= 0.3 is 6.18 Å². The molecule has 1 N–H and O–H groups in total. The summed E-state index contributed by atoms with van der Waals surface area (Å²) >= 11 is 3.26. The van der Waals surface area contributed by atoms with Crippen LogP contribution in [0.15, 0.2) is 51.8 Å². The summed E-state index contributed by atoms with van der Waals surface area (Å²) < 4.78 is 65.0. The van der Waals surface area contributed by atoms with Crippen molar-refractivity contribution in [3.05, 3.63) is 58.1 Å². The van der Waals surface area contributed by atoms with Gasteiger partial charge in [0.2, 0.25) is 0 Å². The Morgan fingerprint density at radius 1 is 1.05 bits per heavy atom. The predicted molar refractivity (Wildman–Crippen MR) is 81.1 cm³/mol. The third-order valence-corrected chi connectivity index (χ3v) is 4.80. The number of anilines is 1. The lowest BCUT2D eigenvalue weighted by molar-refractivity contribution is -0.137. The highest BCUT2D eigenvalue weighted by molar-refractivity contribution is 9.10. The van der Waals surface area contributed by atoms with E-state index in [1.54, 1.807) is 25.1 Å². The van der Waals surface area contributed by atoms with E-state index in [9.17, 15) is 21.6 Å². The van der Waals surface area contributed by atoms with E-state index < -0.39 is 21.8 Å². The average Bonchev–Trinajstić information content (AvgIpc) is 2.41. The van der Waals surface area contributed by atoms with E-state index in [4.69, 9.17) is 0 Å². The van der Waals surface area contributed by atoms with Crippen molar-refractivity contribution in [2.24, 2.45) is 0 Å². The molecule has 0 saturated carbocycles. The number of benzene rings is 2. The van der Waals surface area contributed by atoms with Crippen molar-refractivity contribution < 1.29 is 21.6 Å². The number of nitrogens with one attached hydrogen (secondary N) is 1. The third kappa shape index (κ3) is 3.80. The van der Waals surface area contributed by atoms with E-state index in [-0.39, 0.29) is 4.90 Å². The molecule has 0 amide bonds. The Morgan fingerprint density at radius 2 is 1.64 bits per heavy atom. The van der Waals surface area contributed by atoms with E-state index >= 15 is 0 Å². The summed E-state index contributed by atoms with van der Waals surface area (Å²) in [6, 6.07) is 8.30. The number of hydrogen-bond donors (Lipinski definition) is 1. The lowest BCUT2D eigenvalue weighted by Crippen LogP contribution is -2.14. The van der Waals surface area contributed by atoms with Gasteiger partial charge in [-0.25, -0.2) is 8.42 Å². The van der Waals surface area contributed by atoms with Gasteiger partial charge in [0.05, 0.1) is 16.1 Å². The van der Waals surface area contributed by atoms with Gasteiger partial charge in [0.1, 0.15) is 0 Å². The van der Waals surface area contributed by atoms with E-state index in [0.717, 1.165) is 28.7 Å². The zero-order chi connectivity index (χ0) is 16.5. The van der Waals surface area contributed by atoms with Crippen LogP contribution in [-0.4, -0.2) is 8.42 Å². The topological polar surface area (TPSA) is 46.2 Å². The first-order chi connectivity index (χ1) is 10.1. The maximum absolute atomic E-state index is 12.5. The van der Waals surface area contributed by atoms with Crippen LogP contribution in [0.4, 0.5) is 18.9 Å². The van der Waals surface area contributed by atoms with Crippen molar-refractivity contribution in [2.75, 3.05) is 4.72 Å². The molecule has 0 aromatic heterocycles. The molecule has 0 aliphatic heterocycles. The zero-order valence-corrected chi connectivity index (χ0v) is 13.7. The number of halogens is 4. The molecule has 0 heterocycles. The molecule has 0 fully saturated rings. The van der Waals surface area contributed by atoms with Crippen LogP contribution in [0.2, 0.25) is 0 Å². The van der Waals surface area contributed by atoms with Crippen LogP contribution < -0.4 is 4.72 Å². The quantitative estimate of drug-likeness (QED) is 0.829. The minimum atomic E-state index is -4.50. The first-order valence-electron chi connectivity index (χ1n) is 6.06. The smallest absolute Gasteiger partial charge is 0.279 e. The van der Waals surface area contributed by atoms with Gasteiger partial charge in [0.15, 0.2) is 0 Å². The maximum Gasteiger partial charge on any atom is 0.416 e. The first kappa shape index (κ1) is 16.8. The monoisotopic (exact) mass is 393 g/mol. The van der Waals surface area contributed by atoms with Crippen LogP contribution in [0.25, 0.3) is 0 Å². The average molecular weight is 394 g/mol. The Morgan fingerprint density at radius 3 is 2.14 bits per heavy atom. The van der Waals surface area contributed by atoms with Crippen molar-refractivity contribution in [1.29, 1.82) is 0 Å². The van der Waals surface area contributed by atoms with Crippen LogP contribution in [0.5, 0.6) is 0 Å². The number of aryl methyl sites for hydroxylation is 1. The molecule has 0 radical (unpaired) electrons. The first-order valence-corrected chi connectivity index (χ1v) is 8.33. The minimum absolute atomic E-state index is 0.234. The SMILES string of the molecule is Cc1cc(Br)ccc1NS(=O)(=O)c1ccc(C(F)(F)F)cc1. The Bertz CT molecular complexity index is 787. The van der Waals surface area contributed by atoms with Gasteiger partial charge in [-0.05, 0) is 55.0 Å². The van der Waals surface area contributed by atoms with Gasteiger partial charge < -0.3 is 0 Å². The predicted octanol–water partition coefficient (Wildman–Crippen LogP) is 4.58. The lowest BCUT2D eigenvalue weighted by atomic mass is 10.2. The zero-order valence-electron chi connectivity index (χ0n) is 11.3. The minimum Gasteiger partial charge on any atom is -0.279 e. The highest BCUT2D eigenvalue weighted by Crippen LogP contribution is 2.30. The third-order valence-electron chi connectivity index (χ3n) is 2.92. The summed E-state index contributed by atoms with van der Waals surface area (Å²) in [6.45, 7) is 1.72. The Hall–Kier alpha value is -1.54. The molecule has 22 heavy (non-hydrogen) atoms. The molecular weight excluding hydrogens is 383 g/mol. The molecule has 0 aliphatic carbocycles. The van der Waals surface area contributed by atoms with Crippen LogP contribution in [0.1, 0.15) is 11.1 Å². The number of rotatable bonds is 3. The fourth-order valence-corrected chi connectivity index (χ4v) is 3.37. The molecule has 8 heteroatoms. The summed E-state index contributed by atoms with van der Waals surface area (Å²) in [5.41, 5.74) is 0.152. The molecular formula is C14H11BrF3NO2S. The largest absolute Gasteiger partial charge is 0.416 e. The molecule has 3 nitrogen and oxygen atoms in total. The van der Waals surface area contributed by atoms with Gasteiger partial charge in [-0.2, -0.15) is 13.2 Å². The summed E-state index contributed by atoms with van der Waals surface area (Å²) in [6.07, 6.45) is -4.50. The second-order valence-corrected chi connectivity index (χ2v) is 7.18. The molecule has 0 unspecified atom stereocenters. The molecule has 2 rings (SSSR count). The molecule has 0 bridgehead atoms. The van der Waals surface area contributed by atoms with Crippen molar-refractivity contribution in [3.8, 4) is 0 Å². The number of sulfonamides is 1. The Balaban J connectivity index is 2.31. The Labute approximate surface area is 134 Å². The van der Waals surface area contributed by atoms with Gasteiger partial charge in [0.25, 0.3) is 10.0 Å². The van der Waals surface area contributed by atoms with Crippen molar-refractivity contribution in [1.82, 2.24) is 0 Å². The summed E-state index contributed by atoms with van der Waals surface area (Å²) in [7, 11) is -3.94. The van der Waals surface area contributed by atoms with Crippen LogP contribution >= 0.6 is 15.9 Å². The van der Waals surface area contributed by atoms with Gasteiger partial charge in [-0.3, -0.25) is 4.72 Å². The normalized spacial score (nSPS) is 12.2. The van der Waals surface area contributed by atoms with E-state index in [1.807, 2.05) is 0 Å². The standard InChI is InChI=1S/C14H11BrF3NO2S/c1-9-8-11(15)4-7-13(9)19-22(20,21)12-5-2-10(3-6-12)14(16,17)18/h2-8,19H,1H3. The molecule has 0 aliphatic rings. The summed E-state index contributed by atoms with van der Waals surface area (Å²) in [5.74, 6) is 0. The van der Waals surface area contributed by atoms with E-state index in [2.05, 4.69) is 20.7 Å². The second-order valence-electron chi connectivity index (χ2n) is 4.59. The van der Waals surface area contributed by atoms with Gasteiger partial charge in [-0.1, -0.05) is 15.9 Å². The van der Waals surface area contributed by atoms with Crippen molar-refractivity contribution >= 4 is 31.6 Å². The highest BCUT2D eigenvalue weighted by atomic mass is 79.9. The Kier molecular flexibility index (Phi) is 4.53. The molecule has 2 aromatic carbocycles. The van der Waals surface area contributed by atoms with Crippen LogP contribution in [0, 0.1) is 6.92 Å². The van der Waals surface area contributed by atoms with Crippen LogP contribution in [-0.2, 0) is 16.2 Å². The highest BCUT2D eigenvalue weighted by Gasteiger charge is 2.30. The fourth-order valence-electron chi connectivity index (χ4n) is 1.77. The van der Waals surface area contributed by atoms with Gasteiger partial charge in [-0.15, -0.1) is 0 Å². The number of hydrogen-bond acceptors (Lipinski definition) is 2. The maximum atomic E-state index is 12.5. The summed E-state index contributed by atoms with van der Waals surface area (Å²) in [5, 5.41) is 0. The molecule has 0 atom stereocenters. The second kappa shape index (κ2) is 5.92. The summed E-state index contributed by atoms with van der Waals surface area (Å²) in [4.78, 5) is -0.234. The van der Waals surface area contributed by atoms with E-state index in [1.165, 1.54) is 0 Å². The lowest BCUT2D eigenvalue weighted by Gasteiger charge is -2.12. The van der Waals surface area contributed by atoms with E-state index in [0.29, 0.717) is 11.3 Å². The molecule has 118 valence electrons. The van der Waals surface area contributed by atoms with Gasteiger partial charge in [0, 0.05) is 4.47 Å². The fraction of sp³-hybridized carbons (Fsp3) is 0.143. The molecule has 0 saturated heterocycles. The van der Waals surface area contributed by atoms with Crippen LogP contribution in [0.3, 0.4) is 0 Å². The van der Waals surface area contributed by atoms with Crippen molar-refractivity contribution in [3.63, 3.8) is 0 Å². The van der Waals surface area contributed by atoms with Crippen molar-refractivity contribution in [2.45, 2.75) is 18.0 Å². The molecule has 0 spiro atoms. The number of alkyl halides is 3. The molecule has 2 aromatic rings.